The van der Waals surface area contributed by atoms with Crippen LogP contribution >= 0.6 is 11.6 Å². The summed E-state index contributed by atoms with van der Waals surface area (Å²) in [5.41, 5.74) is 6.57. The minimum atomic E-state index is -0.453. The van der Waals surface area contributed by atoms with Crippen molar-refractivity contribution in [3.8, 4) is 0 Å². The van der Waals surface area contributed by atoms with Gasteiger partial charge < -0.3 is 0 Å². The Morgan fingerprint density at radius 2 is 2.06 bits per heavy atom. The zero-order chi connectivity index (χ0) is 22.2. The van der Waals surface area contributed by atoms with Crippen molar-refractivity contribution in [1.29, 1.82) is 0 Å². The smallest absolute Gasteiger partial charge is 0.141 e. The van der Waals surface area contributed by atoms with Gasteiger partial charge in [-0.1, -0.05) is 23.7 Å². The van der Waals surface area contributed by atoms with Crippen LogP contribution in [0, 0.1) is 5.82 Å². The fourth-order valence-corrected chi connectivity index (χ4v) is 4.25. The molecule has 0 radical (unpaired) electrons. The van der Waals surface area contributed by atoms with Crippen LogP contribution in [0.5, 0.6) is 0 Å². The average molecular weight is 447 g/mol. The number of carbonyl (C=O) groups excluding carboxylic acids is 1. The van der Waals surface area contributed by atoms with Crippen LogP contribution in [0.25, 0.3) is 10.9 Å². The Morgan fingerprint density at radius 1 is 1.19 bits per heavy atom. The van der Waals surface area contributed by atoms with Crippen molar-refractivity contribution in [2.45, 2.75) is 25.8 Å². The third-order valence-corrected chi connectivity index (χ3v) is 5.95. The van der Waals surface area contributed by atoms with Crippen LogP contribution < -0.4 is 0 Å². The van der Waals surface area contributed by atoms with Gasteiger partial charge in [0.15, 0.2) is 0 Å². The van der Waals surface area contributed by atoms with Crippen LogP contribution in [-0.4, -0.2) is 26.3 Å². The summed E-state index contributed by atoms with van der Waals surface area (Å²) < 4.78 is 15.1. The average Bonchev–Trinajstić information content (AvgIpc) is 3.36. The first-order valence-electron chi connectivity index (χ1n) is 10.4. The molecule has 0 amide bonds. The third-order valence-electron chi connectivity index (χ3n) is 5.66. The number of fused-ring (bicyclic) bond motifs is 2. The van der Waals surface area contributed by atoms with Gasteiger partial charge in [-0.15, -0.1) is 0 Å². The lowest BCUT2D eigenvalue weighted by atomic mass is 9.99. The summed E-state index contributed by atoms with van der Waals surface area (Å²) in [5, 5.41) is 5.56. The van der Waals surface area contributed by atoms with Gasteiger partial charge in [0.1, 0.15) is 11.6 Å². The Kier molecular flexibility index (Phi) is 5.31. The molecule has 1 aliphatic heterocycles. The van der Waals surface area contributed by atoms with E-state index in [1.165, 1.54) is 6.07 Å². The number of nitrogens with zero attached hydrogens (tertiary/aromatic N) is 4. The summed E-state index contributed by atoms with van der Waals surface area (Å²) in [6, 6.07) is 12.6. The molecule has 5 nitrogen and oxygen atoms in total. The second kappa shape index (κ2) is 8.28. The lowest BCUT2D eigenvalue weighted by molar-refractivity contribution is -0.118. The molecule has 0 atom stereocenters. The van der Waals surface area contributed by atoms with E-state index in [9.17, 15) is 9.18 Å². The van der Waals surface area contributed by atoms with Crippen LogP contribution in [0.15, 0.2) is 59.9 Å². The van der Waals surface area contributed by atoms with E-state index in [0.29, 0.717) is 19.4 Å². The normalized spacial score (nSPS) is 12.8. The molecule has 0 saturated carbocycles. The molecular weight excluding hydrogens is 427 g/mol. The molecule has 3 heterocycles. The maximum absolute atomic E-state index is 13.3. The number of Topliss-reactive ketones (excluding diaryl/α,β-unsaturated/α-hetero) is 1. The minimum absolute atomic E-state index is 0.0775. The van der Waals surface area contributed by atoms with Crippen LogP contribution in [0.4, 0.5) is 4.39 Å². The van der Waals surface area contributed by atoms with Crippen molar-refractivity contribution in [3.05, 3.63) is 93.6 Å². The highest BCUT2D eigenvalue weighted by Crippen LogP contribution is 2.25. The number of aromatic nitrogens is 3. The highest BCUT2D eigenvalue weighted by molar-refractivity contribution is 6.30. The van der Waals surface area contributed by atoms with Gasteiger partial charge in [-0.25, -0.2) is 4.39 Å². The number of hydrogen-bond acceptors (Lipinski definition) is 4. The maximum atomic E-state index is 13.3. The molecule has 0 spiro atoms. The quantitative estimate of drug-likeness (QED) is 0.425. The molecule has 7 heteroatoms. The summed E-state index contributed by atoms with van der Waals surface area (Å²) in [5.74, 6) is -0.370. The van der Waals surface area contributed by atoms with Crippen molar-refractivity contribution in [2.24, 2.45) is 12.0 Å². The molecule has 2 aromatic heterocycles. The SMILES string of the molecule is Cn1cc2cc(C3=NCc4cc(CC(=O)CCc5ccc(F)c(Cl)c5)ncc43)ccc2n1. The lowest BCUT2D eigenvalue weighted by Gasteiger charge is -2.07. The first kappa shape index (κ1) is 20.5. The Bertz CT molecular complexity index is 1390. The number of pyridine rings is 1. The Morgan fingerprint density at radius 3 is 2.91 bits per heavy atom. The van der Waals surface area contributed by atoms with Gasteiger partial charge >= 0.3 is 0 Å². The molecule has 0 unspecified atom stereocenters. The van der Waals surface area contributed by atoms with Crippen molar-refractivity contribution in [2.75, 3.05) is 0 Å². The topological polar surface area (TPSA) is 60.1 Å². The van der Waals surface area contributed by atoms with Crippen LogP contribution in [0.3, 0.4) is 0 Å². The van der Waals surface area contributed by atoms with Crippen molar-refractivity contribution < 1.29 is 9.18 Å². The number of hydrogen-bond donors (Lipinski definition) is 0. The first-order chi connectivity index (χ1) is 15.5. The number of aliphatic imine (C=N–C) groups is 1. The first-order valence-corrected chi connectivity index (χ1v) is 10.8. The number of carbonyl (C=O) groups is 1. The Hall–Kier alpha value is -3.38. The monoisotopic (exact) mass is 446 g/mol. The third kappa shape index (κ3) is 4.06. The molecule has 1 aliphatic rings. The van der Waals surface area contributed by atoms with E-state index in [0.717, 1.165) is 44.6 Å². The van der Waals surface area contributed by atoms with Crippen molar-refractivity contribution in [3.63, 3.8) is 0 Å². The summed E-state index contributed by atoms with van der Waals surface area (Å²) in [6.45, 7) is 0.577. The Balaban J connectivity index is 1.27. The number of benzene rings is 2. The second-order valence-electron chi connectivity index (χ2n) is 8.04. The van der Waals surface area contributed by atoms with E-state index < -0.39 is 5.82 Å². The zero-order valence-corrected chi connectivity index (χ0v) is 18.2. The van der Waals surface area contributed by atoms with Gasteiger partial charge in [-0.3, -0.25) is 19.5 Å². The van der Waals surface area contributed by atoms with E-state index in [1.54, 1.807) is 16.8 Å². The molecule has 160 valence electrons. The van der Waals surface area contributed by atoms with Gasteiger partial charge in [-0.2, -0.15) is 5.10 Å². The van der Waals surface area contributed by atoms with Gasteiger partial charge in [-0.05, 0) is 47.9 Å². The summed E-state index contributed by atoms with van der Waals surface area (Å²) >= 11 is 5.81. The molecule has 0 fully saturated rings. The summed E-state index contributed by atoms with van der Waals surface area (Å²) in [4.78, 5) is 21.7. The lowest BCUT2D eigenvalue weighted by Crippen LogP contribution is -2.08. The van der Waals surface area contributed by atoms with Gasteiger partial charge in [0.25, 0.3) is 0 Å². The van der Waals surface area contributed by atoms with Crippen LogP contribution in [-0.2, 0) is 31.2 Å². The van der Waals surface area contributed by atoms with Gasteiger partial charge in [0, 0.05) is 54.5 Å². The highest BCUT2D eigenvalue weighted by Gasteiger charge is 2.20. The molecule has 2 aromatic carbocycles. The number of ketones is 1. The van der Waals surface area contributed by atoms with E-state index in [4.69, 9.17) is 16.6 Å². The molecule has 32 heavy (non-hydrogen) atoms. The second-order valence-corrected chi connectivity index (χ2v) is 8.45. The van der Waals surface area contributed by atoms with E-state index in [-0.39, 0.29) is 17.2 Å². The summed E-state index contributed by atoms with van der Waals surface area (Å²) in [7, 11) is 1.91. The molecule has 0 saturated heterocycles. The van der Waals surface area contributed by atoms with Crippen molar-refractivity contribution >= 4 is 34.0 Å². The van der Waals surface area contributed by atoms with Crippen LogP contribution in [0.2, 0.25) is 5.02 Å². The molecule has 0 N–H and O–H groups in total. The fourth-order valence-electron chi connectivity index (χ4n) is 4.05. The van der Waals surface area contributed by atoms with Gasteiger partial charge in [0.2, 0.25) is 0 Å². The number of halogens is 2. The Labute approximate surface area is 189 Å². The van der Waals surface area contributed by atoms with E-state index in [2.05, 4.69) is 16.1 Å². The van der Waals surface area contributed by atoms with E-state index in [1.807, 2.05) is 37.6 Å². The standard InChI is InChI=1S/C25H20ClFN4O/c1-31-14-18-9-16(4-7-24(18)30-31)25-21-13-28-19(10-17(21)12-29-25)11-20(32)5-2-15-3-6-23(27)22(26)8-15/h3-4,6-10,13-14H,2,5,11-12H2,1H3. The van der Waals surface area contributed by atoms with Crippen LogP contribution in [0.1, 0.15) is 34.4 Å². The number of aryl methyl sites for hydroxylation is 2. The largest absolute Gasteiger partial charge is 0.299 e. The molecule has 0 bridgehead atoms. The van der Waals surface area contributed by atoms with E-state index >= 15 is 0 Å². The van der Waals surface area contributed by atoms with Crippen molar-refractivity contribution in [1.82, 2.24) is 14.8 Å². The highest BCUT2D eigenvalue weighted by atomic mass is 35.5. The maximum Gasteiger partial charge on any atom is 0.141 e. The van der Waals surface area contributed by atoms with Gasteiger partial charge in [0.05, 0.1) is 22.8 Å². The molecule has 0 aliphatic carbocycles. The fraction of sp³-hybridized carbons (Fsp3) is 0.200. The molecule has 4 aromatic rings. The predicted molar refractivity (Wildman–Crippen MR) is 123 cm³/mol. The zero-order valence-electron chi connectivity index (χ0n) is 17.5. The summed E-state index contributed by atoms with van der Waals surface area (Å²) in [6.07, 6.45) is 4.94. The molecule has 5 rings (SSSR count). The minimum Gasteiger partial charge on any atom is -0.299 e. The predicted octanol–water partition coefficient (Wildman–Crippen LogP) is 4.86. The molecular formula is C25H20ClFN4O. The number of rotatable bonds is 6.